The number of methoxy groups -OCH3 is 1. The molecule has 0 amide bonds. The van der Waals surface area contributed by atoms with Crippen LogP contribution in [0.3, 0.4) is 0 Å². The van der Waals surface area contributed by atoms with Gasteiger partial charge in [-0.15, -0.1) is 0 Å². The van der Waals surface area contributed by atoms with Gasteiger partial charge < -0.3 is 24.2 Å². The number of ether oxygens (including phenoxy) is 3. The van der Waals surface area contributed by atoms with Crippen molar-refractivity contribution in [2.45, 2.75) is 76.3 Å². The summed E-state index contributed by atoms with van der Waals surface area (Å²) in [7, 11) is 1.57. The van der Waals surface area contributed by atoms with Crippen LogP contribution in [0.1, 0.15) is 63.9 Å². The lowest BCUT2D eigenvalue weighted by molar-refractivity contribution is 0.0512. The standard InChI is InChI=1S/C36H44FN5O4/c1-3-24-10-8-11-25-18-27(46-23-44-2)19-28(30(24)25)32-31(37)33-29(20-38-32)34(41-15-6-4-5-7-16-41)40-35(39-33)45-22-36-13-9-17-42(36)26(21-43)12-14-36/h8,10-11,18-20,26,43H,3-7,9,12-17,21-23H2,1-2H3/t26-,36+/m0/s1. The first-order valence-electron chi connectivity index (χ1n) is 16.8. The van der Waals surface area contributed by atoms with Gasteiger partial charge in [-0.2, -0.15) is 9.97 Å². The molecule has 0 radical (unpaired) electrons. The fourth-order valence-electron chi connectivity index (χ4n) is 7.97. The van der Waals surface area contributed by atoms with Crippen LogP contribution in [-0.2, 0) is 11.2 Å². The molecule has 7 rings (SSSR count). The zero-order valence-electron chi connectivity index (χ0n) is 26.9. The summed E-state index contributed by atoms with van der Waals surface area (Å²) < 4.78 is 34.5. The van der Waals surface area contributed by atoms with Gasteiger partial charge in [0.05, 0.1) is 17.5 Å². The number of aliphatic hydroxyl groups excluding tert-OH is 1. The van der Waals surface area contributed by atoms with Gasteiger partial charge in [0.25, 0.3) is 0 Å². The van der Waals surface area contributed by atoms with Crippen LogP contribution < -0.4 is 14.4 Å². The van der Waals surface area contributed by atoms with E-state index in [1.807, 2.05) is 24.3 Å². The minimum atomic E-state index is -0.501. The van der Waals surface area contributed by atoms with Crippen molar-refractivity contribution in [2.75, 3.05) is 51.7 Å². The van der Waals surface area contributed by atoms with Crippen molar-refractivity contribution in [1.29, 1.82) is 0 Å². The minimum Gasteiger partial charge on any atom is -0.468 e. The summed E-state index contributed by atoms with van der Waals surface area (Å²) in [5.41, 5.74) is 2.03. The molecule has 3 fully saturated rings. The SMILES string of the molecule is CCc1cccc2cc(OCOC)cc(-c3ncc4c(N5CCCCCC5)nc(OC[C@]56CCCN5[C@H](CO)CC6)nc4c3F)c12. The van der Waals surface area contributed by atoms with Crippen LogP contribution in [0.5, 0.6) is 11.8 Å². The second-order valence-electron chi connectivity index (χ2n) is 13.0. The summed E-state index contributed by atoms with van der Waals surface area (Å²) in [6.07, 6.45) is 10.9. The van der Waals surface area contributed by atoms with Crippen LogP contribution in [0.2, 0.25) is 0 Å². The third-order valence-corrected chi connectivity index (χ3v) is 10.3. The number of nitrogens with zero attached hydrogens (tertiary/aromatic N) is 5. The van der Waals surface area contributed by atoms with Gasteiger partial charge in [-0.3, -0.25) is 9.88 Å². The molecule has 2 aromatic heterocycles. The van der Waals surface area contributed by atoms with Crippen LogP contribution in [-0.4, -0.2) is 83.3 Å². The Hall–Kier alpha value is -3.60. The maximum Gasteiger partial charge on any atom is 0.319 e. The summed E-state index contributed by atoms with van der Waals surface area (Å²) in [5.74, 6) is 0.754. The lowest BCUT2D eigenvalue weighted by Gasteiger charge is -2.34. The van der Waals surface area contributed by atoms with Crippen LogP contribution in [0.15, 0.2) is 36.5 Å². The molecular formula is C36H44FN5O4. The summed E-state index contributed by atoms with van der Waals surface area (Å²) in [5, 5.41) is 12.4. The highest BCUT2D eigenvalue weighted by Crippen LogP contribution is 2.43. The number of benzene rings is 2. The number of anilines is 1. The average molecular weight is 630 g/mol. The number of hydrogen-bond acceptors (Lipinski definition) is 9. The van der Waals surface area contributed by atoms with Gasteiger partial charge in [0.1, 0.15) is 29.4 Å². The molecule has 4 aromatic rings. The monoisotopic (exact) mass is 629 g/mol. The van der Waals surface area contributed by atoms with Crippen molar-refractivity contribution in [2.24, 2.45) is 0 Å². The fourth-order valence-corrected chi connectivity index (χ4v) is 7.97. The first-order chi connectivity index (χ1) is 22.5. The molecule has 2 atom stereocenters. The van der Waals surface area contributed by atoms with E-state index in [9.17, 15) is 5.11 Å². The third-order valence-electron chi connectivity index (χ3n) is 10.3. The average Bonchev–Trinajstić information content (AvgIpc) is 3.53. The van der Waals surface area contributed by atoms with E-state index < -0.39 is 5.82 Å². The maximum atomic E-state index is 17.0. The van der Waals surface area contributed by atoms with Gasteiger partial charge in [0.15, 0.2) is 12.6 Å². The molecule has 0 bridgehead atoms. The molecule has 0 spiro atoms. The molecule has 1 N–H and O–H groups in total. The Morgan fingerprint density at radius 3 is 2.65 bits per heavy atom. The highest BCUT2D eigenvalue weighted by Gasteiger charge is 2.49. The van der Waals surface area contributed by atoms with Crippen molar-refractivity contribution in [3.8, 4) is 23.0 Å². The number of aromatic nitrogens is 3. The smallest absolute Gasteiger partial charge is 0.319 e. The van der Waals surface area contributed by atoms with E-state index in [0.29, 0.717) is 29.1 Å². The van der Waals surface area contributed by atoms with Crippen LogP contribution in [0, 0.1) is 5.82 Å². The largest absolute Gasteiger partial charge is 0.468 e. The van der Waals surface area contributed by atoms with E-state index in [4.69, 9.17) is 29.2 Å². The van der Waals surface area contributed by atoms with Gasteiger partial charge in [0.2, 0.25) is 0 Å². The third kappa shape index (κ3) is 5.65. The highest BCUT2D eigenvalue weighted by molar-refractivity contribution is 6.01. The number of aryl methyl sites for hydroxylation is 1. The lowest BCUT2D eigenvalue weighted by Crippen LogP contribution is -2.47. The number of fused-ring (bicyclic) bond motifs is 3. The fraction of sp³-hybridized carbons (Fsp3) is 0.528. The summed E-state index contributed by atoms with van der Waals surface area (Å²) in [6, 6.07) is 10.2. The summed E-state index contributed by atoms with van der Waals surface area (Å²) in [6.45, 7) is 5.38. The molecule has 5 heterocycles. The molecule has 3 saturated heterocycles. The van der Waals surface area contributed by atoms with Gasteiger partial charge >= 0.3 is 6.01 Å². The van der Waals surface area contributed by atoms with Crippen molar-refractivity contribution in [3.63, 3.8) is 0 Å². The normalized spacial score (nSPS) is 22.0. The van der Waals surface area contributed by atoms with E-state index >= 15 is 4.39 Å². The molecule has 10 heteroatoms. The number of halogens is 1. The Kier molecular flexibility index (Phi) is 8.94. The van der Waals surface area contributed by atoms with E-state index in [2.05, 4.69) is 22.8 Å². The molecule has 0 aliphatic carbocycles. The first-order valence-corrected chi connectivity index (χ1v) is 16.8. The molecule has 9 nitrogen and oxygen atoms in total. The predicted molar refractivity (Wildman–Crippen MR) is 177 cm³/mol. The lowest BCUT2D eigenvalue weighted by atomic mass is 9.95. The molecular weight excluding hydrogens is 585 g/mol. The van der Waals surface area contributed by atoms with Gasteiger partial charge in [-0.1, -0.05) is 38.0 Å². The molecule has 244 valence electrons. The first kappa shape index (κ1) is 31.0. The zero-order chi connectivity index (χ0) is 31.7. The molecule has 0 unspecified atom stereocenters. The zero-order valence-corrected chi connectivity index (χ0v) is 26.9. The highest BCUT2D eigenvalue weighted by atomic mass is 19.1. The van der Waals surface area contributed by atoms with E-state index in [1.165, 1.54) is 12.8 Å². The van der Waals surface area contributed by atoms with Gasteiger partial charge in [0, 0.05) is 38.0 Å². The Morgan fingerprint density at radius 1 is 1.02 bits per heavy atom. The number of pyridine rings is 1. The number of rotatable bonds is 10. The number of aliphatic hydroxyl groups is 1. The Labute approximate surface area is 269 Å². The number of hydrogen-bond donors (Lipinski definition) is 1. The van der Waals surface area contributed by atoms with Crippen LogP contribution in [0.25, 0.3) is 32.9 Å². The predicted octanol–water partition coefficient (Wildman–Crippen LogP) is 6.28. The van der Waals surface area contributed by atoms with Crippen molar-refractivity contribution < 1.29 is 23.7 Å². The Balaban J connectivity index is 1.35. The van der Waals surface area contributed by atoms with Gasteiger partial charge in [-0.05, 0) is 80.0 Å². The van der Waals surface area contributed by atoms with E-state index in [1.54, 1.807) is 13.3 Å². The summed E-state index contributed by atoms with van der Waals surface area (Å²) in [4.78, 5) is 19.1. The molecule has 46 heavy (non-hydrogen) atoms. The second-order valence-corrected chi connectivity index (χ2v) is 13.0. The van der Waals surface area contributed by atoms with Gasteiger partial charge in [-0.25, -0.2) is 4.39 Å². The van der Waals surface area contributed by atoms with E-state index in [0.717, 1.165) is 80.9 Å². The molecule has 0 saturated carbocycles. The van der Waals surface area contributed by atoms with Crippen LogP contribution >= 0.6 is 0 Å². The van der Waals surface area contributed by atoms with E-state index in [-0.39, 0.29) is 42.2 Å². The quantitative estimate of drug-likeness (QED) is 0.204. The molecule has 2 aromatic carbocycles. The van der Waals surface area contributed by atoms with Crippen molar-refractivity contribution >= 4 is 27.5 Å². The molecule has 3 aliphatic heterocycles. The topological polar surface area (TPSA) is 93.1 Å². The van der Waals surface area contributed by atoms with Crippen LogP contribution in [0.4, 0.5) is 10.2 Å². The second kappa shape index (κ2) is 13.3. The Bertz CT molecular complexity index is 1710. The molecule has 3 aliphatic rings. The minimum absolute atomic E-state index is 0.0805. The summed E-state index contributed by atoms with van der Waals surface area (Å²) >= 11 is 0. The van der Waals surface area contributed by atoms with Crippen molar-refractivity contribution in [1.82, 2.24) is 19.9 Å². The maximum absolute atomic E-state index is 17.0. The Morgan fingerprint density at radius 2 is 1.87 bits per heavy atom. The van der Waals surface area contributed by atoms with Crippen molar-refractivity contribution in [3.05, 3.63) is 47.9 Å².